The molecule has 7 heteroatoms. The summed E-state index contributed by atoms with van der Waals surface area (Å²) in [5.74, 6) is -0.0532. The number of rotatable bonds is 4. The van der Waals surface area contributed by atoms with Crippen molar-refractivity contribution in [3.63, 3.8) is 0 Å². The molecule has 0 radical (unpaired) electrons. The van der Waals surface area contributed by atoms with Gasteiger partial charge in [-0.1, -0.05) is 30.4 Å². The number of carbonyl (C=O) groups is 1. The Morgan fingerprint density at radius 1 is 1.41 bits per heavy atom. The lowest BCUT2D eigenvalue weighted by Crippen LogP contribution is -2.48. The molecule has 4 rings (SSSR count). The molecule has 142 valence electrons. The van der Waals surface area contributed by atoms with E-state index in [1.54, 1.807) is 16.0 Å². The Morgan fingerprint density at radius 3 is 3.00 bits per heavy atom. The predicted octanol–water partition coefficient (Wildman–Crippen LogP) is 3.30. The molecular weight excluding hydrogens is 358 g/mol. The Morgan fingerprint density at radius 2 is 2.26 bits per heavy atom. The zero-order valence-corrected chi connectivity index (χ0v) is 16.8. The molecule has 2 aromatic heterocycles. The number of hydrogen-bond donors (Lipinski definition) is 1. The number of aromatic nitrogens is 3. The summed E-state index contributed by atoms with van der Waals surface area (Å²) in [6, 6.07) is 8.36. The third kappa shape index (κ3) is 3.56. The summed E-state index contributed by atoms with van der Waals surface area (Å²) in [5, 5.41) is 8.50. The minimum Gasteiger partial charge on any atom is -0.346 e. The fourth-order valence-electron chi connectivity index (χ4n) is 3.77. The van der Waals surface area contributed by atoms with Crippen LogP contribution in [0.5, 0.6) is 0 Å². The largest absolute Gasteiger partial charge is 0.346 e. The van der Waals surface area contributed by atoms with Crippen LogP contribution in [-0.2, 0) is 13.5 Å². The number of nitrogens with one attached hydrogen (secondary N) is 1. The van der Waals surface area contributed by atoms with Gasteiger partial charge in [0.1, 0.15) is 5.69 Å². The van der Waals surface area contributed by atoms with Crippen LogP contribution in [0.15, 0.2) is 24.3 Å². The summed E-state index contributed by atoms with van der Waals surface area (Å²) in [7, 11) is 1.81. The van der Waals surface area contributed by atoms with E-state index in [-0.39, 0.29) is 11.9 Å². The lowest BCUT2D eigenvalue weighted by Gasteiger charge is -2.32. The van der Waals surface area contributed by atoms with Gasteiger partial charge in [-0.25, -0.2) is 4.98 Å². The molecule has 0 bridgehead atoms. The summed E-state index contributed by atoms with van der Waals surface area (Å²) in [4.78, 5) is 19.8. The van der Waals surface area contributed by atoms with Gasteiger partial charge < -0.3 is 10.2 Å². The van der Waals surface area contributed by atoms with Crippen LogP contribution in [0.2, 0.25) is 0 Å². The van der Waals surface area contributed by atoms with Crippen LogP contribution >= 0.6 is 11.3 Å². The number of benzene rings is 1. The van der Waals surface area contributed by atoms with Crippen molar-refractivity contribution < 1.29 is 4.79 Å². The first-order valence-electron chi connectivity index (χ1n) is 9.50. The van der Waals surface area contributed by atoms with Crippen LogP contribution in [0.3, 0.4) is 0 Å². The maximum Gasteiger partial charge on any atom is 0.269 e. The van der Waals surface area contributed by atoms with Gasteiger partial charge in [0.05, 0.1) is 15.9 Å². The minimum absolute atomic E-state index is 0.0532. The molecule has 0 aliphatic carbocycles. The fraction of sp³-hybridized carbons (Fsp3) is 0.450. The standard InChI is InChI=1S/C20H25N5OS/c1-4-14-7-5-9-17-18(14)22-20(27-17)25-10-6-8-15(12-25)21-19(26)16-11-13(2)23-24(16)3/h5,7,9,11,15H,4,6,8,10,12H2,1-3H3,(H,21,26). The molecule has 1 aliphatic rings. The zero-order chi connectivity index (χ0) is 19.0. The Kier molecular flexibility index (Phi) is 4.86. The van der Waals surface area contributed by atoms with Gasteiger partial charge in [0.2, 0.25) is 0 Å². The van der Waals surface area contributed by atoms with E-state index in [0.717, 1.165) is 48.7 Å². The smallest absolute Gasteiger partial charge is 0.269 e. The Balaban J connectivity index is 1.50. The molecule has 0 spiro atoms. The molecule has 0 saturated carbocycles. The topological polar surface area (TPSA) is 63.1 Å². The van der Waals surface area contributed by atoms with Crippen molar-refractivity contribution in [2.75, 3.05) is 18.0 Å². The van der Waals surface area contributed by atoms with Gasteiger partial charge in [0.25, 0.3) is 5.91 Å². The Hall–Kier alpha value is -2.41. The number of amides is 1. The molecule has 1 fully saturated rings. The van der Waals surface area contributed by atoms with Crippen LogP contribution < -0.4 is 10.2 Å². The van der Waals surface area contributed by atoms with Crippen molar-refractivity contribution in [3.8, 4) is 0 Å². The maximum atomic E-state index is 12.6. The van der Waals surface area contributed by atoms with Crippen LogP contribution in [0.1, 0.15) is 41.5 Å². The van der Waals surface area contributed by atoms with E-state index in [1.807, 2.05) is 20.0 Å². The monoisotopic (exact) mass is 383 g/mol. The second-order valence-electron chi connectivity index (χ2n) is 7.17. The summed E-state index contributed by atoms with van der Waals surface area (Å²) in [5.41, 5.74) is 3.88. The number of piperidine rings is 1. The normalized spacial score (nSPS) is 17.4. The SMILES string of the molecule is CCc1cccc2sc(N3CCCC(NC(=O)c4cc(C)nn4C)C3)nc12. The molecule has 6 nitrogen and oxygen atoms in total. The van der Waals surface area contributed by atoms with Crippen molar-refractivity contribution >= 4 is 32.6 Å². The highest BCUT2D eigenvalue weighted by atomic mass is 32.1. The third-order valence-corrected chi connectivity index (χ3v) is 6.22. The molecule has 1 aromatic carbocycles. The molecule has 1 unspecified atom stereocenters. The molecule has 1 amide bonds. The summed E-state index contributed by atoms with van der Waals surface area (Å²) >= 11 is 1.74. The molecule has 1 N–H and O–H groups in total. The molecule has 3 aromatic rings. The highest BCUT2D eigenvalue weighted by molar-refractivity contribution is 7.22. The first kappa shape index (κ1) is 18.0. The number of anilines is 1. The van der Waals surface area contributed by atoms with E-state index in [1.165, 1.54) is 10.3 Å². The van der Waals surface area contributed by atoms with Crippen molar-refractivity contribution in [3.05, 3.63) is 41.2 Å². The van der Waals surface area contributed by atoms with Gasteiger partial charge in [0, 0.05) is 26.2 Å². The van der Waals surface area contributed by atoms with Crippen LogP contribution in [-0.4, -0.2) is 39.8 Å². The number of carbonyl (C=O) groups excluding carboxylic acids is 1. The summed E-state index contributed by atoms with van der Waals surface area (Å²) in [6.45, 7) is 5.85. The van der Waals surface area contributed by atoms with Gasteiger partial charge in [-0.2, -0.15) is 5.10 Å². The maximum absolute atomic E-state index is 12.6. The van der Waals surface area contributed by atoms with Gasteiger partial charge in [-0.3, -0.25) is 9.48 Å². The number of nitrogens with zero attached hydrogens (tertiary/aromatic N) is 4. The van der Waals surface area contributed by atoms with E-state index in [4.69, 9.17) is 4.98 Å². The molecule has 27 heavy (non-hydrogen) atoms. The van der Waals surface area contributed by atoms with Crippen molar-refractivity contribution in [1.82, 2.24) is 20.1 Å². The molecule has 1 aliphatic heterocycles. The van der Waals surface area contributed by atoms with E-state index < -0.39 is 0 Å². The molecular formula is C20H25N5OS. The van der Waals surface area contributed by atoms with Gasteiger partial charge in [0.15, 0.2) is 5.13 Å². The minimum atomic E-state index is -0.0532. The zero-order valence-electron chi connectivity index (χ0n) is 16.0. The number of thiazole rings is 1. The molecule has 1 saturated heterocycles. The van der Waals surface area contributed by atoms with Gasteiger partial charge in [-0.15, -0.1) is 0 Å². The number of hydrogen-bond acceptors (Lipinski definition) is 5. The summed E-state index contributed by atoms with van der Waals surface area (Å²) < 4.78 is 2.88. The number of aryl methyl sites for hydroxylation is 3. The first-order valence-corrected chi connectivity index (χ1v) is 10.3. The average Bonchev–Trinajstić information content (AvgIpc) is 3.24. The van der Waals surface area contributed by atoms with Gasteiger partial charge >= 0.3 is 0 Å². The van der Waals surface area contributed by atoms with Crippen molar-refractivity contribution in [2.24, 2.45) is 7.05 Å². The number of fused-ring (bicyclic) bond motifs is 1. The van der Waals surface area contributed by atoms with E-state index in [9.17, 15) is 4.79 Å². The Bertz CT molecular complexity index is 976. The second kappa shape index (κ2) is 7.31. The highest BCUT2D eigenvalue weighted by Gasteiger charge is 2.25. The lowest BCUT2D eigenvalue weighted by molar-refractivity contribution is 0.0923. The first-order chi connectivity index (χ1) is 13.0. The molecule has 3 heterocycles. The summed E-state index contributed by atoms with van der Waals surface area (Å²) in [6.07, 6.45) is 3.03. The van der Waals surface area contributed by atoms with Crippen LogP contribution in [0.4, 0.5) is 5.13 Å². The molecule has 1 atom stereocenters. The van der Waals surface area contributed by atoms with Gasteiger partial charge in [-0.05, 0) is 43.9 Å². The van der Waals surface area contributed by atoms with Crippen LogP contribution in [0, 0.1) is 6.92 Å². The van der Waals surface area contributed by atoms with Crippen molar-refractivity contribution in [2.45, 2.75) is 39.2 Å². The lowest BCUT2D eigenvalue weighted by atomic mass is 10.1. The quantitative estimate of drug-likeness (QED) is 0.751. The second-order valence-corrected chi connectivity index (χ2v) is 8.18. The fourth-order valence-corrected chi connectivity index (χ4v) is 4.81. The number of para-hydroxylation sites is 1. The van der Waals surface area contributed by atoms with E-state index in [0.29, 0.717) is 5.69 Å². The predicted molar refractivity (Wildman–Crippen MR) is 110 cm³/mol. The van der Waals surface area contributed by atoms with Crippen molar-refractivity contribution in [1.29, 1.82) is 0 Å². The average molecular weight is 384 g/mol. The van der Waals surface area contributed by atoms with E-state index in [2.05, 4.69) is 40.4 Å². The highest BCUT2D eigenvalue weighted by Crippen LogP contribution is 2.32. The van der Waals surface area contributed by atoms with E-state index >= 15 is 0 Å². The van der Waals surface area contributed by atoms with Crippen LogP contribution in [0.25, 0.3) is 10.2 Å². The Labute approximate surface area is 163 Å². The third-order valence-electron chi connectivity index (χ3n) is 5.13.